The van der Waals surface area contributed by atoms with Gasteiger partial charge in [0.05, 0.1) is 4.47 Å². The van der Waals surface area contributed by atoms with Crippen LogP contribution in [0.1, 0.15) is 5.56 Å². The van der Waals surface area contributed by atoms with Crippen molar-refractivity contribution >= 4 is 26.8 Å². The summed E-state index contributed by atoms with van der Waals surface area (Å²) in [7, 11) is 0. The normalized spacial score (nSPS) is 11.0. The molecule has 13 heavy (non-hydrogen) atoms. The van der Waals surface area contributed by atoms with Crippen LogP contribution in [0.3, 0.4) is 0 Å². The lowest BCUT2D eigenvalue weighted by molar-refractivity contribution is 0.632. The third-order valence-corrected chi connectivity index (χ3v) is 2.65. The van der Waals surface area contributed by atoms with E-state index < -0.39 is 0 Å². The first-order valence-corrected chi connectivity index (χ1v) is 4.67. The minimum absolute atomic E-state index is 0.251. The molecule has 0 spiro atoms. The summed E-state index contributed by atoms with van der Waals surface area (Å²) >= 11 is 3.13. The number of fused-ring (bicyclic) bond motifs is 1. The SMILES string of the molecule is NCc1c[nH]c2ccc(Br)c(F)c12. The molecule has 1 heterocycles. The molecule has 0 radical (unpaired) electrons. The topological polar surface area (TPSA) is 41.8 Å². The average molecular weight is 243 g/mol. The fourth-order valence-electron chi connectivity index (χ4n) is 1.38. The van der Waals surface area contributed by atoms with E-state index in [4.69, 9.17) is 5.73 Å². The Hall–Kier alpha value is -0.870. The predicted molar refractivity (Wildman–Crippen MR) is 53.8 cm³/mol. The van der Waals surface area contributed by atoms with E-state index in [1.54, 1.807) is 12.3 Å². The Morgan fingerprint density at radius 2 is 2.23 bits per heavy atom. The lowest BCUT2D eigenvalue weighted by atomic mass is 10.1. The molecule has 0 atom stereocenters. The zero-order chi connectivity index (χ0) is 9.42. The minimum atomic E-state index is -0.251. The van der Waals surface area contributed by atoms with Crippen LogP contribution < -0.4 is 5.73 Å². The molecule has 0 aliphatic heterocycles. The van der Waals surface area contributed by atoms with Gasteiger partial charge < -0.3 is 10.7 Å². The van der Waals surface area contributed by atoms with Gasteiger partial charge in [-0.2, -0.15) is 0 Å². The molecule has 68 valence electrons. The minimum Gasteiger partial charge on any atom is -0.361 e. The van der Waals surface area contributed by atoms with Crippen molar-refractivity contribution in [3.05, 3.63) is 34.2 Å². The second kappa shape index (κ2) is 3.12. The number of aromatic nitrogens is 1. The first kappa shape index (κ1) is 8.72. The average Bonchev–Trinajstić information content (AvgIpc) is 2.55. The zero-order valence-corrected chi connectivity index (χ0v) is 8.36. The molecule has 3 N–H and O–H groups in total. The van der Waals surface area contributed by atoms with E-state index in [9.17, 15) is 4.39 Å². The summed E-state index contributed by atoms with van der Waals surface area (Å²) in [4.78, 5) is 2.97. The number of nitrogens with one attached hydrogen (secondary N) is 1. The van der Waals surface area contributed by atoms with Gasteiger partial charge >= 0.3 is 0 Å². The smallest absolute Gasteiger partial charge is 0.147 e. The molecule has 2 rings (SSSR count). The van der Waals surface area contributed by atoms with Crippen molar-refractivity contribution < 1.29 is 4.39 Å². The molecule has 0 saturated heterocycles. The van der Waals surface area contributed by atoms with Gasteiger partial charge in [0.25, 0.3) is 0 Å². The third-order valence-electron chi connectivity index (χ3n) is 2.04. The monoisotopic (exact) mass is 242 g/mol. The van der Waals surface area contributed by atoms with Crippen LogP contribution in [0.25, 0.3) is 10.9 Å². The molecule has 0 bridgehead atoms. The lowest BCUT2D eigenvalue weighted by Gasteiger charge is -1.98. The highest BCUT2D eigenvalue weighted by molar-refractivity contribution is 9.10. The maximum Gasteiger partial charge on any atom is 0.147 e. The standard InChI is InChI=1S/C9H8BrFN2/c10-6-1-2-7-8(9(6)11)5(3-12)4-13-7/h1-2,4,13H,3,12H2. The molecule has 1 aromatic heterocycles. The molecular weight excluding hydrogens is 235 g/mol. The number of hydrogen-bond donors (Lipinski definition) is 2. The summed E-state index contributed by atoms with van der Waals surface area (Å²) in [5.41, 5.74) is 7.06. The number of hydrogen-bond acceptors (Lipinski definition) is 1. The van der Waals surface area contributed by atoms with Crippen LogP contribution in [-0.2, 0) is 6.54 Å². The third kappa shape index (κ3) is 1.26. The van der Waals surface area contributed by atoms with E-state index in [0.717, 1.165) is 11.1 Å². The summed E-state index contributed by atoms with van der Waals surface area (Å²) < 4.78 is 14.0. The Morgan fingerprint density at radius 1 is 1.46 bits per heavy atom. The molecule has 0 saturated carbocycles. The number of H-pyrrole nitrogens is 1. The maximum absolute atomic E-state index is 13.6. The summed E-state index contributed by atoms with van der Waals surface area (Å²) in [6.45, 7) is 0.341. The fourth-order valence-corrected chi connectivity index (χ4v) is 1.71. The summed E-state index contributed by atoms with van der Waals surface area (Å²) in [6, 6.07) is 3.50. The number of benzene rings is 1. The molecule has 0 aliphatic carbocycles. The fraction of sp³-hybridized carbons (Fsp3) is 0.111. The number of halogens is 2. The Bertz CT molecular complexity index is 450. The largest absolute Gasteiger partial charge is 0.361 e. The van der Waals surface area contributed by atoms with Crippen LogP contribution in [0.5, 0.6) is 0 Å². The molecule has 4 heteroatoms. The highest BCUT2D eigenvalue weighted by Crippen LogP contribution is 2.26. The molecule has 0 unspecified atom stereocenters. The number of nitrogens with two attached hydrogens (primary N) is 1. The highest BCUT2D eigenvalue weighted by Gasteiger charge is 2.09. The summed E-state index contributed by atoms with van der Waals surface area (Å²) in [5.74, 6) is -0.251. The van der Waals surface area contributed by atoms with Gasteiger partial charge in [0.15, 0.2) is 0 Å². The second-order valence-electron chi connectivity index (χ2n) is 2.80. The highest BCUT2D eigenvalue weighted by atomic mass is 79.9. The molecular formula is C9H8BrFN2. The van der Waals surface area contributed by atoms with Crippen molar-refractivity contribution in [1.29, 1.82) is 0 Å². The quantitative estimate of drug-likeness (QED) is 0.793. The zero-order valence-electron chi connectivity index (χ0n) is 6.77. The van der Waals surface area contributed by atoms with Crippen LogP contribution in [0.4, 0.5) is 4.39 Å². The first-order chi connectivity index (χ1) is 6.24. The van der Waals surface area contributed by atoms with Crippen molar-refractivity contribution in [2.24, 2.45) is 5.73 Å². The van der Waals surface area contributed by atoms with Crippen LogP contribution in [0.2, 0.25) is 0 Å². The van der Waals surface area contributed by atoms with Gasteiger partial charge in [0.1, 0.15) is 5.82 Å². The molecule has 0 fully saturated rings. The van der Waals surface area contributed by atoms with Crippen LogP contribution >= 0.6 is 15.9 Å². The van der Waals surface area contributed by atoms with Gasteiger partial charge in [-0.15, -0.1) is 0 Å². The Kier molecular flexibility index (Phi) is 2.09. The van der Waals surface area contributed by atoms with Gasteiger partial charge in [0, 0.05) is 23.6 Å². The molecule has 1 aromatic carbocycles. The van der Waals surface area contributed by atoms with Crippen LogP contribution in [0.15, 0.2) is 22.8 Å². The van der Waals surface area contributed by atoms with Crippen LogP contribution in [-0.4, -0.2) is 4.98 Å². The van der Waals surface area contributed by atoms with Gasteiger partial charge in [-0.3, -0.25) is 0 Å². The molecule has 2 nitrogen and oxygen atoms in total. The van der Waals surface area contributed by atoms with Crippen molar-refractivity contribution in [3.63, 3.8) is 0 Å². The van der Waals surface area contributed by atoms with Crippen molar-refractivity contribution in [1.82, 2.24) is 4.98 Å². The number of rotatable bonds is 1. The first-order valence-electron chi connectivity index (χ1n) is 3.88. The van der Waals surface area contributed by atoms with Gasteiger partial charge in [-0.25, -0.2) is 4.39 Å². The molecule has 0 aliphatic rings. The summed E-state index contributed by atoms with van der Waals surface area (Å²) in [6.07, 6.45) is 1.74. The summed E-state index contributed by atoms with van der Waals surface area (Å²) in [5, 5.41) is 0.580. The number of aromatic amines is 1. The Labute approximate surface area is 83.1 Å². The van der Waals surface area contributed by atoms with E-state index in [0.29, 0.717) is 16.4 Å². The van der Waals surface area contributed by atoms with E-state index in [2.05, 4.69) is 20.9 Å². The predicted octanol–water partition coefficient (Wildman–Crippen LogP) is 2.53. The van der Waals surface area contributed by atoms with Gasteiger partial charge in [0.2, 0.25) is 0 Å². The maximum atomic E-state index is 13.6. The van der Waals surface area contributed by atoms with Crippen molar-refractivity contribution in [2.75, 3.05) is 0 Å². The van der Waals surface area contributed by atoms with Crippen molar-refractivity contribution in [3.8, 4) is 0 Å². The van der Waals surface area contributed by atoms with E-state index in [1.165, 1.54) is 0 Å². The van der Waals surface area contributed by atoms with E-state index in [1.807, 2.05) is 6.07 Å². The van der Waals surface area contributed by atoms with Crippen LogP contribution in [0, 0.1) is 5.82 Å². The van der Waals surface area contributed by atoms with Gasteiger partial charge in [-0.1, -0.05) is 0 Å². The Balaban J connectivity index is 2.85. The molecule has 0 amide bonds. The van der Waals surface area contributed by atoms with Gasteiger partial charge in [-0.05, 0) is 33.6 Å². The Morgan fingerprint density at radius 3 is 2.92 bits per heavy atom. The van der Waals surface area contributed by atoms with E-state index in [-0.39, 0.29) is 5.82 Å². The van der Waals surface area contributed by atoms with E-state index >= 15 is 0 Å². The second-order valence-corrected chi connectivity index (χ2v) is 3.66. The lowest BCUT2D eigenvalue weighted by Crippen LogP contribution is -1.95. The molecule has 2 aromatic rings. The van der Waals surface area contributed by atoms with Crippen molar-refractivity contribution in [2.45, 2.75) is 6.54 Å².